The number of rotatable bonds is 4. The fourth-order valence-electron chi connectivity index (χ4n) is 3.95. The number of aromatic nitrogens is 1. The minimum absolute atomic E-state index is 0.0416. The Morgan fingerprint density at radius 1 is 1.14 bits per heavy atom. The van der Waals surface area contributed by atoms with E-state index in [2.05, 4.69) is 15.3 Å². The van der Waals surface area contributed by atoms with E-state index >= 15 is 0 Å². The number of halogens is 3. The van der Waals surface area contributed by atoms with Gasteiger partial charge in [-0.25, -0.2) is 9.98 Å². The number of hydrogen-bond acceptors (Lipinski definition) is 4. The molecule has 152 valence electrons. The number of amidine groups is 1. The highest BCUT2D eigenvalue weighted by Crippen LogP contribution is 2.42. The van der Waals surface area contributed by atoms with Gasteiger partial charge in [0.05, 0.1) is 0 Å². The van der Waals surface area contributed by atoms with Gasteiger partial charge in [0.1, 0.15) is 11.7 Å². The molecule has 1 aliphatic heterocycles. The molecule has 8 heteroatoms. The van der Waals surface area contributed by atoms with Crippen LogP contribution in [-0.2, 0) is 4.79 Å². The maximum atomic E-state index is 14.4. The van der Waals surface area contributed by atoms with Crippen molar-refractivity contribution >= 4 is 17.6 Å². The number of benzene rings is 1. The van der Waals surface area contributed by atoms with Crippen LogP contribution in [0.1, 0.15) is 36.8 Å². The largest absolute Gasteiger partial charge is 0.442 e. The summed E-state index contributed by atoms with van der Waals surface area (Å²) in [6.45, 7) is 1.74. The molecule has 2 heterocycles. The predicted molar refractivity (Wildman–Crippen MR) is 103 cm³/mol. The SMILES string of the molecule is Cc1ccnc(N[C@]2(C(F)(F)F)N=C(c3ccccc3)N(C3CCCC3)C2=O)c1. The summed E-state index contributed by atoms with van der Waals surface area (Å²) in [6, 6.07) is 11.4. The molecule has 1 amide bonds. The van der Waals surface area contributed by atoms with E-state index < -0.39 is 17.7 Å². The molecule has 5 nitrogen and oxygen atoms in total. The van der Waals surface area contributed by atoms with Crippen molar-refractivity contribution in [3.63, 3.8) is 0 Å². The van der Waals surface area contributed by atoms with Crippen molar-refractivity contribution in [3.05, 3.63) is 59.8 Å². The molecule has 1 saturated carbocycles. The number of carbonyl (C=O) groups is 1. The summed E-state index contributed by atoms with van der Waals surface area (Å²) in [5.41, 5.74) is -1.88. The molecular formula is C21H21F3N4O. The Hall–Kier alpha value is -2.90. The number of nitrogens with one attached hydrogen (secondary N) is 1. The average molecular weight is 402 g/mol. The van der Waals surface area contributed by atoms with Crippen molar-refractivity contribution in [2.75, 3.05) is 5.32 Å². The van der Waals surface area contributed by atoms with Gasteiger partial charge in [-0.1, -0.05) is 43.2 Å². The van der Waals surface area contributed by atoms with Crippen LogP contribution >= 0.6 is 0 Å². The average Bonchev–Trinajstić information content (AvgIpc) is 3.29. The number of carbonyl (C=O) groups excluding carboxylic acids is 1. The summed E-state index contributed by atoms with van der Waals surface area (Å²) in [4.78, 5) is 22.6. The van der Waals surface area contributed by atoms with Gasteiger partial charge in [-0.3, -0.25) is 9.69 Å². The maximum Gasteiger partial charge on any atom is 0.442 e. The molecule has 1 aromatic heterocycles. The highest BCUT2D eigenvalue weighted by molar-refractivity contribution is 6.16. The van der Waals surface area contributed by atoms with E-state index in [9.17, 15) is 18.0 Å². The van der Waals surface area contributed by atoms with Gasteiger partial charge in [-0.2, -0.15) is 13.2 Å². The zero-order valence-corrected chi connectivity index (χ0v) is 15.9. The molecule has 0 saturated heterocycles. The van der Waals surface area contributed by atoms with E-state index in [1.165, 1.54) is 17.2 Å². The highest BCUT2D eigenvalue weighted by Gasteiger charge is 2.67. The molecule has 2 aliphatic rings. The molecule has 0 spiro atoms. The van der Waals surface area contributed by atoms with Gasteiger partial charge in [0.2, 0.25) is 0 Å². The number of anilines is 1. The van der Waals surface area contributed by atoms with Crippen molar-refractivity contribution in [1.82, 2.24) is 9.88 Å². The van der Waals surface area contributed by atoms with E-state index in [1.54, 1.807) is 43.3 Å². The van der Waals surface area contributed by atoms with Crippen LogP contribution in [0.2, 0.25) is 0 Å². The third-order valence-electron chi connectivity index (χ3n) is 5.39. The van der Waals surface area contributed by atoms with Crippen LogP contribution in [0.25, 0.3) is 0 Å². The smallest absolute Gasteiger partial charge is 0.331 e. The number of aryl methyl sites for hydroxylation is 1. The molecule has 2 aromatic rings. The Balaban J connectivity index is 1.85. The second-order valence-electron chi connectivity index (χ2n) is 7.47. The molecule has 1 N–H and O–H groups in total. The second kappa shape index (κ2) is 7.17. The first kappa shape index (κ1) is 19.4. The topological polar surface area (TPSA) is 57.6 Å². The Morgan fingerprint density at radius 2 is 1.83 bits per heavy atom. The van der Waals surface area contributed by atoms with Gasteiger partial charge in [0, 0.05) is 17.8 Å². The molecule has 1 aliphatic carbocycles. The molecule has 0 unspecified atom stereocenters. The predicted octanol–water partition coefficient (Wildman–Crippen LogP) is 4.29. The lowest BCUT2D eigenvalue weighted by molar-refractivity contribution is -0.185. The van der Waals surface area contributed by atoms with E-state index in [0.29, 0.717) is 18.4 Å². The first-order valence-corrected chi connectivity index (χ1v) is 9.58. The van der Waals surface area contributed by atoms with Gasteiger partial charge < -0.3 is 5.32 Å². The number of hydrogen-bond donors (Lipinski definition) is 1. The zero-order valence-electron chi connectivity index (χ0n) is 15.9. The van der Waals surface area contributed by atoms with Crippen LogP contribution in [0.15, 0.2) is 53.7 Å². The molecule has 0 radical (unpaired) electrons. The van der Waals surface area contributed by atoms with Crippen molar-refractivity contribution in [2.24, 2.45) is 4.99 Å². The molecule has 0 bridgehead atoms. The van der Waals surface area contributed by atoms with Gasteiger partial charge in [-0.05, 0) is 37.5 Å². The first-order chi connectivity index (χ1) is 13.8. The number of aliphatic imine (C=N–C) groups is 1. The molecule has 29 heavy (non-hydrogen) atoms. The minimum atomic E-state index is -4.94. The van der Waals surface area contributed by atoms with E-state index in [1.807, 2.05) is 0 Å². The first-order valence-electron chi connectivity index (χ1n) is 9.58. The number of nitrogens with zero attached hydrogens (tertiary/aromatic N) is 3. The molecule has 1 fully saturated rings. The van der Waals surface area contributed by atoms with E-state index in [4.69, 9.17) is 0 Å². The van der Waals surface area contributed by atoms with Crippen molar-refractivity contribution in [3.8, 4) is 0 Å². The van der Waals surface area contributed by atoms with Crippen LogP contribution in [0.3, 0.4) is 0 Å². The Labute approximate surface area is 166 Å². The normalized spacial score (nSPS) is 22.8. The summed E-state index contributed by atoms with van der Waals surface area (Å²) in [5, 5.41) is 2.32. The quantitative estimate of drug-likeness (QED) is 0.830. The standard InChI is InChI=1S/C21H21F3N4O/c1-14-11-12-25-17(13-14)26-20(21(22,23)24)19(29)28(16-9-5-6-10-16)18(27-20)15-7-3-2-4-8-15/h2-4,7-8,11-13,16H,5-6,9-10H2,1H3,(H,25,26)/t20-/m0/s1. The number of alkyl halides is 3. The molecular weight excluding hydrogens is 381 g/mol. The lowest BCUT2D eigenvalue weighted by Crippen LogP contribution is -2.59. The van der Waals surface area contributed by atoms with Crippen LogP contribution in [0.5, 0.6) is 0 Å². The lowest BCUT2D eigenvalue weighted by Gasteiger charge is -2.31. The molecule has 1 atom stereocenters. The fraction of sp³-hybridized carbons (Fsp3) is 0.381. The van der Waals surface area contributed by atoms with Crippen LogP contribution < -0.4 is 5.32 Å². The number of pyridine rings is 1. The van der Waals surface area contributed by atoms with Gasteiger partial charge >= 0.3 is 11.8 Å². The third-order valence-corrected chi connectivity index (χ3v) is 5.39. The Morgan fingerprint density at radius 3 is 2.45 bits per heavy atom. The van der Waals surface area contributed by atoms with Crippen molar-refractivity contribution in [2.45, 2.75) is 50.5 Å². The van der Waals surface area contributed by atoms with Crippen molar-refractivity contribution < 1.29 is 18.0 Å². The van der Waals surface area contributed by atoms with Gasteiger partial charge in [0.25, 0.3) is 5.91 Å². The van der Waals surface area contributed by atoms with Crippen LogP contribution in [0, 0.1) is 6.92 Å². The summed E-state index contributed by atoms with van der Waals surface area (Å²) in [7, 11) is 0. The summed E-state index contributed by atoms with van der Waals surface area (Å²) in [6.07, 6.45) is -0.464. The van der Waals surface area contributed by atoms with Gasteiger partial charge in [0.15, 0.2) is 0 Å². The monoisotopic (exact) mass is 402 g/mol. The van der Waals surface area contributed by atoms with Crippen LogP contribution in [-0.4, -0.2) is 39.5 Å². The summed E-state index contributed by atoms with van der Waals surface area (Å²) in [5.74, 6) is -1.08. The Kier molecular flexibility index (Phi) is 4.80. The zero-order chi connectivity index (χ0) is 20.6. The van der Waals surface area contributed by atoms with Crippen molar-refractivity contribution in [1.29, 1.82) is 0 Å². The summed E-state index contributed by atoms with van der Waals surface area (Å²) < 4.78 is 43.1. The summed E-state index contributed by atoms with van der Waals surface area (Å²) >= 11 is 0. The molecule has 4 rings (SSSR count). The highest BCUT2D eigenvalue weighted by atomic mass is 19.4. The lowest BCUT2D eigenvalue weighted by atomic mass is 10.1. The third kappa shape index (κ3) is 3.36. The number of amides is 1. The molecule has 1 aromatic carbocycles. The van der Waals surface area contributed by atoms with Gasteiger partial charge in [-0.15, -0.1) is 0 Å². The second-order valence-corrected chi connectivity index (χ2v) is 7.47. The fourth-order valence-corrected chi connectivity index (χ4v) is 3.95. The Bertz CT molecular complexity index is 938. The van der Waals surface area contributed by atoms with E-state index in [0.717, 1.165) is 18.4 Å². The van der Waals surface area contributed by atoms with Crippen LogP contribution in [0.4, 0.5) is 19.0 Å². The van der Waals surface area contributed by atoms with E-state index in [-0.39, 0.29) is 17.7 Å². The maximum absolute atomic E-state index is 14.4. The minimum Gasteiger partial charge on any atom is -0.331 e.